The number of carbonyl (C=O) groups excluding carboxylic acids is 4. The molecule has 0 aliphatic rings. The van der Waals surface area contributed by atoms with E-state index in [9.17, 15) is 19.2 Å². The average Bonchev–Trinajstić information content (AvgIpc) is 2.56. The molecule has 0 aromatic heterocycles. The lowest BCUT2D eigenvalue weighted by Crippen LogP contribution is -2.16. The molecule has 0 spiro atoms. The van der Waals surface area contributed by atoms with E-state index >= 15 is 0 Å². The van der Waals surface area contributed by atoms with Crippen molar-refractivity contribution < 1.29 is 19.2 Å². The molecule has 0 radical (unpaired) electrons. The summed E-state index contributed by atoms with van der Waals surface area (Å²) in [5, 5.41) is 0. The maximum Gasteiger partial charge on any atom is 0.144 e. The van der Waals surface area contributed by atoms with E-state index in [0.29, 0.717) is 6.42 Å². The van der Waals surface area contributed by atoms with Crippen molar-refractivity contribution in [2.45, 2.75) is 39.5 Å². The lowest BCUT2D eigenvalue weighted by atomic mass is 9.92. The lowest BCUT2D eigenvalue weighted by molar-refractivity contribution is -0.128. The number of ketones is 4. The third-order valence-electron chi connectivity index (χ3n) is 3.64. The molecule has 4 nitrogen and oxygen atoms in total. The summed E-state index contributed by atoms with van der Waals surface area (Å²) in [4.78, 5) is 44.2. The van der Waals surface area contributed by atoms with Crippen molar-refractivity contribution in [3.63, 3.8) is 0 Å². The summed E-state index contributed by atoms with van der Waals surface area (Å²) in [5.74, 6) is -0.863. The van der Waals surface area contributed by atoms with E-state index in [1.165, 1.54) is 20.8 Å². The van der Waals surface area contributed by atoms with Gasteiger partial charge in [-0.3, -0.25) is 19.2 Å². The molecule has 26 heavy (non-hydrogen) atoms. The molecule has 0 fully saturated rings. The summed E-state index contributed by atoms with van der Waals surface area (Å²) in [6, 6.07) is 18.6. The van der Waals surface area contributed by atoms with Gasteiger partial charge in [-0.05, 0) is 31.9 Å². The number of carbonyl (C=O) groups is 4. The van der Waals surface area contributed by atoms with Crippen molar-refractivity contribution >= 4 is 23.1 Å². The molecule has 0 aliphatic heterocycles. The largest absolute Gasteiger partial charge is 0.300 e. The van der Waals surface area contributed by atoms with Crippen LogP contribution in [0.2, 0.25) is 0 Å². The zero-order valence-corrected chi connectivity index (χ0v) is 15.4. The van der Waals surface area contributed by atoms with Gasteiger partial charge in [0.15, 0.2) is 0 Å². The smallest absolute Gasteiger partial charge is 0.144 e. The van der Waals surface area contributed by atoms with Crippen molar-refractivity contribution in [1.82, 2.24) is 0 Å². The fourth-order valence-corrected chi connectivity index (χ4v) is 2.56. The molecule has 0 amide bonds. The first-order valence-electron chi connectivity index (χ1n) is 8.42. The Morgan fingerprint density at radius 2 is 1.19 bits per heavy atom. The second kappa shape index (κ2) is 10.9. The van der Waals surface area contributed by atoms with Gasteiger partial charge in [-0.25, -0.2) is 0 Å². The monoisotopic (exact) mass is 352 g/mol. The molecular formula is C22H24O4. The summed E-state index contributed by atoms with van der Waals surface area (Å²) >= 11 is 0. The molecule has 2 aromatic carbocycles. The highest BCUT2D eigenvalue weighted by atomic mass is 16.2. The maximum atomic E-state index is 11.2. The van der Waals surface area contributed by atoms with Crippen molar-refractivity contribution in [3.8, 4) is 0 Å². The lowest BCUT2D eigenvalue weighted by Gasteiger charge is -2.09. The number of rotatable bonds is 7. The van der Waals surface area contributed by atoms with Gasteiger partial charge in [0.1, 0.15) is 29.1 Å². The normalized spacial score (nSPS) is 9.85. The quantitative estimate of drug-likeness (QED) is 0.712. The van der Waals surface area contributed by atoms with Crippen LogP contribution in [0, 0.1) is 0 Å². The van der Waals surface area contributed by atoms with Crippen LogP contribution in [-0.2, 0) is 25.6 Å². The molecule has 0 bridgehead atoms. The SMILES string of the molecule is CC(=O)C(C(C)=O)c1ccccc1.CC(=O)CC(=O)Cc1ccccc1. The minimum absolute atomic E-state index is 0.0151. The number of benzene rings is 2. The maximum absolute atomic E-state index is 11.2. The van der Waals surface area contributed by atoms with Gasteiger partial charge in [-0.1, -0.05) is 60.7 Å². The van der Waals surface area contributed by atoms with Crippen LogP contribution in [0.1, 0.15) is 44.2 Å². The van der Waals surface area contributed by atoms with Crippen molar-refractivity contribution in [3.05, 3.63) is 71.8 Å². The molecule has 4 heteroatoms. The van der Waals surface area contributed by atoms with Crippen LogP contribution in [0.15, 0.2) is 60.7 Å². The standard InChI is InChI=1S/2C11H12O2/c1-8(12)11(9(2)13)10-6-4-3-5-7-10;1-9(12)7-11(13)8-10-5-3-2-4-6-10/h3-7,11H,1-2H3;2-6H,7-8H2,1H3. The number of Topliss-reactive ketones (excluding diaryl/α,β-unsaturated/α-hetero) is 4. The molecule has 136 valence electrons. The highest BCUT2D eigenvalue weighted by Gasteiger charge is 2.20. The molecular weight excluding hydrogens is 328 g/mol. The second-order valence-corrected chi connectivity index (χ2v) is 6.14. The third kappa shape index (κ3) is 7.79. The second-order valence-electron chi connectivity index (χ2n) is 6.14. The summed E-state index contributed by atoms with van der Waals surface area (Å²) in [6.07, 6.45) is 0.412. The van der Waals surface area contributed by atoms with Crippen LogP contribution in [0.25, 0.3) is 0 Å². The van der Waals surface area contributed by atoms with Crippen molar-refractivity contribution in [1.29, 1.82) is 0 Å². The van der Waals surface area contributed by atoms with E-state index in [0.717, 1.165) is 11.1 Å². The highest BCUT2D eigenvalue weighted by molar-refractivity contribution is 6.05. The molecule has 0 aliphatic carbocycles. The molecule has 0 unspecified atom stereocenters. The Labute approximate surface area is 154 Å². The van der Waals surface area contributed by atoms with E-state index in [2.05, 4.69) is 0 Å². The van der Waals surface area contributed by atoms with E-state index in [-0.39, 0.29) is 29.6 Å². The fraction of sp³-hybridized carbons (Fsp3) is 0.273. The Hall–Kier alpha value is -2.88. The molecule has 0 atom stereocenters. The third-order valence-corrected chi connectivity index (χ3v) is 3.64. The molecule has 2 rings (SSSR count). The topological polar surface area (TPSA) is 68.3 Å². The highest BCUT2D eigenvalue weighted by Crippen LogP contribution is 2.17. The summed E-state index contributed by atoms with van der Waals surface area (Å²) in [6.45, 7) is 4.32. The minimum atomic E-state index is -0.582. The Kier molecular flexibility index (Phi) is 8.85. The Balaban J connectivity index is 0.000000260. The predicted octanol–water partition coefficient (Wildman–Crippen LogP) is 3.73. The Morgan fingerprint density at radius 3 is 1.62 bits per heavy atom. The Bertz CT molecular complexity index is 731. The van der Waals surface area contributed by atoms with Crippen molar-refractivity contribution in [2.24, 2.45) is 0 Å². The zero-order chi connectivity index (χ0) is 19.5. The average molecular weight is 352 g/mol. The molecule has 0 saturated carbocycles. The van der Waals surface area contributed by atoms with Gasteiger partial charge in [0.25, 0.3) is 0 Å². The summed E-state index contributed by atoms with van der Waals surface area (Å²) < 4.78 is 0. The minimum Gasteiger partial charge on any atom is -0.300 e. The van der Waals surface area contributed by atoms with Gasteiger partial charge < -0.3 is 0 Å². The van der Waals surface area contributed by atoms with Gasteiger partial charge in [-0.15, -0.1) is 0 Å². The van der Waals surface area contributed by atoms with Gasteiger partial charge >= 0.3 is 0 Å². The van der Waals surface area contributed by atoms with E-state index in [1.54, 1.807) is 12.1 Å². The predicted molar refractivity (Wildman–Crippen MR) is 101 cm³/mol. The fourth-order valence-electron chi connectivity index (χ4n) is 2.56. The first-order valence-corrected chi connectivity index (χ1v) is 8.42. The van der Waals surface area contributed by atoms with E-state index < -0.39 is 5.92 Å². The van der Waals surface area contributed by atoms with E-state index in [4.69, 9.17) is 0 Å². The first-order chi connectivity index (χ1) is 12.3. The van der Waals surface area contributed by atoms with Crippen LogP contribution in [0.4, 0.5) is 0 Å². The van der Waals surface area contributed by atoms with Crippen LogP contribution in [0.3, 0.4) is 0 Å². The van der Waals surface area contributed by atoms with Crippen LogP contribution < -0.4 is 0 Å². The molecule has 0 saturated heterocycles. The Morgan fingerprint density at radius 1 is 0.731 bits per heavy atom. The van der Waals surface area contributed by atoms with Gasteiger partial charge in [0.05, 0.1) is 6.42 Å². The summed E-state index contributed by atoms with van der Waals surface area (Å²) in [5.41, 5.74) is 1.75. The molecule has 0 N–H and O–H groups in total. The van der Waals surface area contributed by atoms with Crippen LogP contribution >= 0.6 is 0 Å². The van der Waals surface area contributed by atoms with Gasteiger partial charge in [-0.2, -0.15) is 0 Å². The van der Waals surface area contributed by atoms with Crippen LogP contribution in [0.5, 0.6) is 0 Å². The van der Waals surface area contributed by atoms with Crippen molar-refractivity contribution in [2.75, 3.05) is 0 Å². The van der Waals surface area contributed by atoms with Gasteiger partial charge in [0, 0.05) is 6.42 Å². The molecule has 0 heterocycles. The van der Waals surface area contributed by atoms with Crippen LogP contribution in [-0.4, -0.2) is 23.1 Å². The number of hydrogen-bond donors (Lipinski definition) is 0. The van der Waals surface area contributed by atoms with E-state index in [1.807, 2.05) is 48.5 Å². The first kappa shape index (κ1) is 21.2. The number of hydrogen-bond acceptors (Lipinski definition) is 4. The zero-order valence-electron chi connectivity index (χ0n) is 15.4. The van der Waals surface area contributed by atoms with Gasteiger partial charge in [0.2, 0.25) is 0 Å². The molecule has 2 aromatic rings. The summed E-state index contributed by atoms with van der Waals surface area (Å²) in [7, 11) is 0.